The maximum Gasteiger partial charge on any atom is 0.381 e. The van der Waals surface area contributed by atoms with Crippen molar-refractivity contribution in [3.05, 3.63) is 24.8 Å². The molecule has 0 amide bonds. The Morgan fingerprint density at radius 3 is 3.00 bits per heavy atom. The molecule has 0 fully saturated rings. The second kappa shape index (κ2) is 5.77. The van der Waals surface area contributed by atoms with Crippen molar-refractivity contribution in [2.24, 2.45) is 0 Å². The van der Waals surface area contributed by atoms with Gasteiger partial charge in [-0.3, -0.25) is 4.23 Å². The zero-order chi connectivity index (χ0) is 10.4. The van der Waals surface area contributed by atoms with Crippen molar-refractivity contribution >= 4 is 16.1 Å². The van der Waals surface area contributed by atoms with Crippen LogP contribution < -0.4 is 4.23 Å². The van der Waals surface area contributed by atoms with E-state index in [1.165, 1.54) is 5.82 Å². The van der Waals surface area contributed by atoms with E-state index in [0.29, 0.717) is 0 Å². The van der Waals surface area contributed by atoms with Gasteiger partial charge in [-0.15, -0.1) is 0 Å². The first-order valence-electron chi connectivity index (χ1n) is 5.12. The number of nitrogens with zero attached hydrogens (tertiary/aromatic N) is 2. The van der Waals surface area contributed by atoms with E-state index < -0.39 is 9.92 Å². The molecule has 0 aliphatic carbocycles. The zero-order valence-corrected chi connectivity index (χ0v) is 10.5. The quantitative estimate of drug-likeness (QED) is 0.634. The Balaban J connectivity index is 2.80. The fourth-order valence-electron chi connectivity index (χ4n) is 1.44. The Hall–Kier alpha value is -0.873. The number of hydrogen-bond acceptors (Lipinski definition) is 1. The van der Waals surface area contributed by atoms with Crippen LogP contribution in [-0.4, -0.2) is 21.1 Å². The fraction of sp³-hybridized carbons (Fsp3) is 0.500. The molecule has 0 aliphatic heterocycles. The number of imidazole rings is 1. The van der Waals surface area contributed by atoms with Crippen molar-refractivity contribution in [1.82, 2.24) is 4.57 Å². The normalized spacial score (nSPS) is 11.3. The molecule has 1 aromatic rings. The van der Waals surface area contributed by atoms with Crippen molar-refractivity contribution in [3.8, 4) is 0 Å². The summed E-state index contributed by atoms with van der Waals surface area (Å²) in [4.78, 5) is 0. The summed E-state index contributed by atoms with van der Waals surface area (Å²) in [7, 11) is -0.601. The van der Waals surface area contributed by atoms with E-state index in [-0.39, 0.29) is 0 Å². The summed E-state index contributed by atoms with van der Waals surface area (Å²) in [5.74, 6) is 1.31. The minimum Gasteiger partial charge on any atom is -0.386 e. The first kappa shape index (κ1) is 11.2. The predicted octanol–water partition coefficient (Wildman–Crippen LogP) is 0.712. The molecule has 0 N–H and O–H groups in total. The van der Waals surface area contributed by atoms with Gasteiger partial charge in [0, 0.05) is 13.0 Å². The maximum absolute atomic E-state index is 5.52. The molecular weight excluding hydrogens is 192 g/mol. The van der Waals surface area contributed by atoms with Crippen LogP contribution in [0.5, 0.6) is 0 Å². The Morgan fingerprint density at radius 1 is 1.64 bits per heavy atom. The highest BCUT2D eigenvalue weighted by Crippen LogP contribution is 1.99. The fourth-order valence-corrected chi connectivity index (χ4v) is 2.47. The molecular formula is C10H19N2OSi+. The highest BCUT2D eigenvalue weighted by Gasteiger charge is 2.13. The number of hydrogen-bond donors (Lipinski definition) is 0. The minimum atomic E-state index is -0.601. The monoisotopic (exact) mass is 211 g/mol. The van der Waals surface area contributed by atoms with Crippen molar-refractivity contribution in [1.29, 1.82) is 0 Å². The standard InChI is InChI=1S/C10H19N2OSi/c1-4-7-10-11(5-2)8-9-12(10)14-13-6-3/h5,8-9H,2,4,6-7,14H2,1,3H3/q+1. The largest absolute Gasteiger partial charge is 0.386 e. The Labute approximate surface area is 88.0 Å². The SMILES string of the molecule is C=Cn1cc[n+]([SiH2]OCC)c1CCC. The molecule has 0 radical (unpaired) electrons. The van der Waals surface area contributed by atoms with Crippen LogP contribution in [0.15, 0.2) is 19.0 Å². The van der Waals surface area contributed by atoms with E-state index in [9.17, 15) is 0 Å². The van der Waals surface area contributed by atoms with Gasteiger partial charge in [0.05, 0.1) is 6.20 Å². The van der Waals surface area contributed by atoms with Gasteiger partial charge in [0.2, 0.25) is 5.82 Å². The van der Waals surface area contributed by atoms with Crippen LogP contribution in [0.1, 0.15) is 26.1 Å². The Bertz CT molecular complexity index is 296. The number of aromatic nitrogens is 2. The molecule has 1 aromatic heterocycles. The van der Waals surface area contributed by atoms with Crippen LogP contribution in [0, 0.1) is 0 Å². The summed E-state index contributed by atoms with van der Waals surface area (Å²) in [6.07, 6.45) is 8.22. The van der Waals surface area contributed by atoms with Crippen molar-refractivity contribution in [2.75, 3.05) is 6.61 Å². The van der Waals surface area contributed by atoms with Crippen molar-refractivity contribution < 1.29 is 8.66 Å². The maximum atomic E-state index is 5.52. The van der Waals surface area contributed by atoms with Crippen LogP contribution in [0.2, 0.25) is 0 Å². The molecule has 1 heterocycles. The first-order chi connectivity index (χ1) is 6.83. The average Bonchev–Trinajstić information content (AvgIpc) is 2.58. The third-order valence-electron chi connectivity index (χ3n) is 2.14. The van der Waals surface area contributed by atoms with E-state index in [2.05, 4.69) is 28.5 Å². The van der Waals surface area contributed by atoms with Crippen LogP contribution in [0.25, 0.3) is 6.20 Å². The smallest absolute Gasteiger partial charge is 0.381 e. The Morgan fingerprint density at radius 2 is 2.43 bits per heavy atom. The van der Waals surface area contributed by atoms with Gasteiger partial charge in [-0.25, -0.2) is 4.57 Å². The second-order valence-electron chi connectivity index (χ2n) is 3.15. The summed E-state index contributed by atoms with van der Waals surface area (Å²) in [6, 6.07) is 0. The van der Waals surface area contributed by atoms with Gasteiger partial charge in [-0.2, -0.15) is 0 Å². The van der Waals surface area contributed by atoms with Crippen LogP contribution in [0.3, 0.4) is 0 Å². The zero-order valence-electron chi connectivity index (χ0n) is 9.07. The predicted molar refractivity (Wildman–Crippen MR) is 60.6 cm³/mol. The second-order valence-corrected chi connectivity index (χ2v) is 4.49. The molecule has 0 atom stereocenters. The van der Waals surface area contributed by atoms with Gasteiger partial charge in [0.15, 0.2) is 0 Å². The van der Waals surface area contributed by atoms with Gasteiger partial charge >= 0.3 is 9.92 Å². The number of rotatable bonds is 6. The van der Waals surface area contributed by atoms with Gasteiger partial charge in [-0.1, -0.05) is 13.5 Å². The van der Waals surface area contributed by atoms with E-state index in [0.717, 1.165) is 19.4 Å². The van der Waals surface area contributed by atoms with E-state index in [4.69, 9.17) is 4.43 Å². The third kappa shape index (κ3) is 2.56. The first-order valence-corrected chi connectivity index (χ1v) is 6.33. The van der Waals surface area contributed by atoms with Crippen LogP contribution in [-0.2, 0) is 10.8 Å². The molecule has 0 spiro atoms. The van der Waals surface area contributed by atoms with Gasteiger partial charge in [-0.05, 0) is 13.3 Å². The van der Waals surface area contributed by atoms with E-state index in [1.54, 1.807) is 0 Å². The molecule has 4 heteroatoms. The topological polar surface area (TPSA) is 18.0 Å². The lowest BCUT2D eigenvalue weighted by molar-refractivity contribution is -0.549. The summed E-state index contributed by atoms with van der Waals surface area (Å²) in [5, 5.41) is 0. The molecule has 3 nitrogen and oxygen atoms in total. The van der Waals surface area contributed by atoms with E-state index >= 15 is 0 Å². The van der Waals surface area contributed by atoms with Gasteiger partial charge in [0.25, 0.3) is 0 Å². The summed E-state index contributed by atoms with van der Waals surface area (Å²) >= 11 is 0. The molecule has 0 bridgehead atoms. The Kier molecular flexibility index (Phi) is 4.62. The van der Waals surface area contributed by atoms with Crippen LogP contribution in [0.4, 0.5) is 0 Å². The molecule has 0 unspecified atom stereocenters. The molecule has 1 rings (SSSR count). The van der Waals surface area contributed by atoms with Crippen LogP contribution >= 0.6 is 0 Å². The lowest BCUT2D eigenvalue weighted by Gasteiger charge is -2.01. The van der Waals surface area contributed by atoms with Gasteiger partial charge in [0.1, 0.15) is 12.4 Å². The highest BCUT2D eigenvalue weighted by atomic mass is 28.2. The minimum absolute atomic E-state index is 0.601. The lowest BCUT2D eigenvalue weighted by atomic mass is 10.3. The third-order valence-corrected chi connectivity index (χ3v) is 3.59. The van der Waals surface area contributed by atoms with Crippen molar-refractivity contribution in [2.45, 2.75) is 26.7 Å². The van der Waals surface area contributed by atoms with Gasteiger partial charge < -0.3 is 4.43 Å². The average molecular weight is 211 g/mol. The molecule has 78 valence electrons. The molecule has 0 saturated heterocycles. The van der Waals surface area contributed by atoms with E-state index in [1.807, 2.05) is 19.3 Å². The highest BCUT2D eigenvalue weighted by molar-refractivity contribution is 6.15. The summed E-state index contributed by atoms with van der Waals surface area (Å²) < 4.78 is 9.86. The molecule has 0 aliphatic rings. The summed E-state index contributed by atoms with van der Waals surface area (Å²) in [5.41, 5.74) is 0. The molecule has 0 aromatic carbocycles. The lowest BCUT2D eigenvalue weighted by Crippen LogP contribution is -2.44. The molecule has 14 heavy (non-hydrogen) atoms. The molecule has 0 saturated carbocycles. The summed E-state index contributed by atoms with van der Waals surface area (Å²) in [6.45, 7) is 8.83. The van der Waals surface area contributed by atoms with Crippen molar-refractivity contribution in [3.63, 3.8) is 0 Å².